The van der Waals surface area contributed by atoms with E-state index in [0.29, 0.717) is 12.5 Å². The van der Waals surface area contributed by atoms with E-state index in [2.05, 4.69) is 12.1 Å². The third-order valence-corrected chi connectivity index (χ3v) is 3.80. The summed E-state index contributed by atoms with van der Waals surface area (Å²) >= 11 is 0. The summed E-state index contributed by atoms with van der Waals surface area (Å²) in [6, 6.07) is 7.77. The maximum atomic E-state index is 12.6. The Morgan fingerprint density at radius 1 is 1.33 bits per heavy atom. The zero-order valence-corrected chi connectivity index (χ0v) is 11.7. The second-order valence-corrected chi connectivity index (χ2v) is 5.53. The number of benzene rings is 1. The number of hydrogen-bond acceptors (Lipinski definition) is 4. The first kappa shape index (κ1) is 13.6. The molecule has 2 aliphatic rings. The van der Waals surface area contributed by atoms with Gasteiger partial charge in [0.05, 0.1) is 0 Å². The molecule has 0 bridgehead atoms. The van der Waals surface area contributed by atoms with Gasteiger partial charge in [0.1, 0.15) is 0 Å². The quantitative estimate of drug-likeness (QED) is 0.893. The molecule has 1 aromatic rings. The molecule has 6 heteroatoms. The lowest BCUT2D eigenvalue weighted by molar-refractivity contribution is -0.129. The molecule has 110 valence electrons. The molecule has 2 aliphatic heterocycles. The maximum Gasteiger partial charge on any atom is 0.353 e. The maximum absolute atomic E-state index is 12.6. The van der Waals surface area contributed by atoms with E-state index < -0.39 is 12.1 Å². The highest BCUT2D eigenvalue weighted by Crippen LogP contribution is 2.31. The zero-order chi connectivity index (χ0) is 15.0. The number of hydrogen-bond donors (Lipinski definition) is 1. The lowest BCUT2D eigenvalue weighted by atomic mass is 9.93. The number of nitrogens with zero attached hydrogens (tertiary/aromatic N) is 2. The number of aliphatic carboxylic acids is 1. The molecule has 0 fully saturated rings. The Morgan fingerprint density at radius 2 is 2.10 bits per heavy atom. The van der Waals surface area contributed by atoms with Crippen LogP contribution in [-0.4, -0.2) is 35.3 Å². The fourth-order valence-corrected chi connectivity index (χ4v) is 2.82. The van der Waals surface area contributed by atoms with Gasteiger partial charge in [0.25, 0.3) is 5.91 Å². The molecule has 1 amide bonds. The summed E-state index contributed by atoms with van der Waals surface area (Å²) in [6.07, 6.45) is 0.110. The number of oxime groups is 1. The van der Waals surface area contributed by atoms with Crippen molar-refractivity contribution < 1.29 is 19.5 Å². The number of fused-ring (bicyclic) bond motifs is 1. The largest absolute Gasteiger partial charge is 0.477 e. The van der Waals surface area contributed by atoms with E-state index in [0.717, 1.165) is 17.7 Å². The molecular formula is C15H16N2O4. The molecule has 3 rings (SSSR count). The summed E-state index contributed by atoms with van der Waals surface area (Å²) in [5, 5.41) is 12.4. The molecule has 1 N–H and O–H groups in total. The minimum absolute atomic E-state index is 0.0151. The van der Waals surface area contributed by atoms with Crippen LogP contribution < -0.4 is 4.90 Å². The summed E-state index contributed by atoms with van der Waals surface area (Å²) in [4.78, 5) is 30.2. The van der Waals surface area contributed by atoms with Gasteiger partial charge < -0.3 is 14.8 Å². The fourth-order valence-electron chi connectivity index (χ4n) is 2.82. The molecule has 0 spiro atoms. The van der Waals surface area contributed by atoms with Gasteiger partial charge in [0.2, 0.25) is 6.10 Å². The van der Waals surface area contributed by atoms with Gasteiger partial charge >= 0.3 is 5.97 Å². The van der Waals surface area contributed by atoms with Crippen molar-refractivity contribution in [3.8, 4) is 0 Å². The second kappa shape index (κ2) is 5.20. The molecule has 6 nitrogen and oxygen atoms in total. The predicted octanol–water partition coefficient (Wildman–Crippen LogP) is 1.44. The van der Waals surface area contributed by atoms with Crippen LogP contribution in [0, 0.1) is 5.92 Å². The topological polar surface area (TPSA) is 79.2 Å². The summed E-state index contributed by atoms with van der Waals surface area (Å²) in [5.41, 5.74) is 1.90. The third-order valence-electron chi connectivity index (χ3n) is 3.80. The number of carbonyl (C=O) groups excluding carboxylic acids is 1. The molecule has 0 saturated heterocycles. The van der Waals surface area contributed by atoms with Crippen molar-refractivity contribution in [2.75, 3.05) is 11.4 Å². The van der Waals surface area contributed by atoms with E-state index in [-0.39, 0.29) is 18.0 Å². The Hall–Kier alpha value is -2.37. The Labute approximate surface area is 122 Å². The normalized spacial score (nSPS) is 24.0. The van der Waals surface area contributed by atoms with Crippen LogP contribution in [0.5, 0.6) is 0 Å². The van der Waals surface area contributed by atoms with Crippen LogP contribution in [0.25, 0.3) is 0 Å². The first-order valence-corrected chi connectivity index (χ1v) is 6.91. The number of anilines is 1. The molecule has 2 unspecified atom stereocenters. The summed E-state index contributed by atoms with van der Waals surface area (Å²) in [5.74, 6) is -1.02. The molecule has 0 aromatic heterocycles. The number of rotatable bonds is 2. The Morgan fingerprint density at radius 3 is 2.81 bits per heavy atom. The zero-order valence-electron chi connectivity index (χ0n) is 11.7. The molecule has 0 saturated carbocycles. The van der Waals surface area contributed by atoms with Gasteiger partial charge in [0.15, 0.2) is 5.71 Å². The molecule has 2 heterocycles. The first-order chi connectivity index (χ1) is 10.1. The van der Waals surface area contributed by atoms with Gasteiger partial charge in [0, 0.05) is 18.7 Å². The van der Waals surface area contributed by atoms with Crippen LogP contribution in [0.4, 0.5) is 5.69 Å². The number of carbonyl (C=O) groups is 2. The van der Waals surface area contributed by atoms with Crippen molar-refractivity contribution in [3.63, 3.8) is 0 Å². The minimum Gasteiger partial charge on any atom is -0.477 e. The van der Waals surface area contributed by atoms with E-state index in [4.69, 9.17) is 9.94 Å². The average Bonchev–Trinajstić information content (AvgIpc) is 2.95. The van der Waals surface area contributed by atoms with E-state index in [1.54, 1.807) is 4.90 Å². The summed E-state index contributed by atoms with van der Waals surface area (Å²) in [6.45, 7) is 2.70. The Kier molecular flexibility index (Phi) is 3.37. The number of carboxylic acid groups (broad SMARTS) is 1. The Balaban J connectivity index is 1.81. The van der Waals surface area contributed by atoms with Crippen LogP contribution in [-0.2, 0) is 20.8 Å². The highest BCUT2D eigenvalue weighted by Gasteiger charge is 2.37. The fraction of sp³-hybridized carbons (Fsp3) is 0.400. The smallest absolute Gasteiger partial charge is 0.353 e. The van der Waals surface area contributed by atoms with Crippen molar-refractivity contribution in [1.29, 1.82) is 0 Å². The van der Waals surface area contributed by atoms with Crippen LogP contribution in [0.1, 0.15) is 18.9 Å². The third kappa shape index (κ3) is 2.49. The van der Waals surface area contributed by atoms with E-state index >= 15 is 0 Å². The molecule has 0 radical (unpaired) electrons. The first-order valence-electron chi connectivity index (χ1n) is 6.91. The number of carboxylic acids is 1. The van der Waals surface area contributed by atoms with Gasteiger partial charge in [-0.05, 0) is 24.0 Å². The predicted molar refractivity (Wildman–Crippen MR) is 76.2 cm³/mol. The number of para-hydroxylation sites is 1. The molecule has 0 aliphatic carbocycles. The SMILES string of the molecule is CC1Cc2ccccc2N(C(=O)C2CC(C(=O)O)=NO2)C1. The average molecular weight is 288 g/mol. The molecular weight excluding hydrogens is 272 g/mol. The summed E-state index contributed by atoms with van der Waals surface area (Å²) < 4.78 is 0. The van der Waals surface area contributed by atoms with E-state index in [1.165, 1.54) is 0 Å². The van der Waals surface area contributed by atoms with Crippen molar-refractivity contribution in [1.82, 2.24) is 0 Å². The van der Waals surface area contributed by atoms with Crippen LogP contribution in [0.2, 0.25) is 0 Å². The summed E-state index contributed by atoms with van der Waals surface area (Å²) in [7, 11) is 0. The van der Waals surface area contributed by atoms with Gasteiger partial charge in [-0.3, -0.25) is 4.79 Å². The van der Waals surface area contributed by atoms with Crippen molar-refractivity contribution in [2.24, 2.45) is 11.1 Å². The van der Waals surface area contributed by atoms with Crippen LogP contribution in [0.15, 0.2) is 29.4 Å². The van der Waals surface area contributed by atoms with Crippen LogP contribution >= 0.6 is 0 Å². The molecule has 2 atom stereocenters. The molecule has 21 heavy (non-hydrogen) atoms. The number of amides is 1. The highest BCUT2D eigenvalue weighted by molar-refractivity contribution is 6.36. The second-order valence-electron chi connectivity index (χ2n) is 5.53. The van der Waals surface area contributed by atoms with Crippen LogP contribution in [0.3, 0.4) is 0 Å². The minimum atomic E-state index is -1.14. The standard InChI is InChI=1S/C15H16N2O4/c1-9-6-10-4-2-3-5-12(10)17(8-9)14(18)13-7-11(15(19)20)16-21-13/h2-5,9,13H,6-8H2,1H3,(H,19,20). The van der Waals surface area contributed by atoms with Gasteiger partial charge in [-0.1, -0.05) is 30.3 Å². The monoisotopic (exact) mass is 288 g/mol. The van der Waals surface area contributed by atoms with E-state index in [1.807, 2.05) is 24.3 Å². The van der Waals surface area contributed by atoms with Gasteiger partial charge in [-0.25, -0.2) is 4.79 Å². The van der Waals surface area contributed by atoms with Crippen molar-refractivity contribution >= 4 is 23.3 Å². The van der Waals surface area contributed by atoms with Crippen molar-refractivity contribution in [2.45, 2.75) is 25.9 Å². The lowest BCUT2D eigenvalue weighted by Crippen LogP contribution is -2.44. The van der Waals surface area contributed by atoms with E-state index in [9.17, 15) is 9.59 Å². The molecule has 1 aromatic carbocycles. The van der Waals surface area contributed by atoms with Gasteiger partial charge in [-0.15, -0.1) is 0 Å². The van der Waals surface area contributed by atoms with Gasteiger partial charge in [-0.2, -0.15) is 0 Å². The lowest BCUT2D eigenvalue weighted by Gasteiger charge is -2.34. The highest BCUT2D eigenvalue weighted by atomic mass is 16.6. The van der Waals surface area contributed by atoms with Crippen molar-refractivity contribution in [3.05, 3.63) is 29.8 Å². The Bertz CT molecular complexity index is 626.